The number of thiazole rings is 1. The minimum absolute atomic E-state index is 0.100. The standard InChI is InChI=1S/C22H30N2O2S/c1-14(2)20(17-6-8-19(26-5)9-7-17)22(25)24-12-10-18(11-13-24)21-23-15(3)16(4)27-21/h6-9,14,18,20H,10-13H2,1-5H3. The van der Waals surface area contributed by atoms with E-state index in [1.165, 1.54) is 9.88 Å². The van der Waals surface area contributed by atoms with Gasteiger partial charge in [0.1, 0.15) is 5.75 Å². The lowest BCUT2D eigenvalue weighted by Crippen LogP contribution is -2.41. The van der Waals surface area contributed by atoms with Gasteiger partial charge < -0.3 is 9.64 Å². The van der Waals surface area contributed by atoms with E-state index < -0.39 is 0 Å². The Kier molecular flexibility index (Phi) is 6.20. The van der Waals surface area contributed by atoms with E-state index in [0.29, 0.717) is 5.92 Å². The molecule has 1 aromatic heterocycles. The fourth-order valence-corrected chi connectivity index (χ4v) is 4.93. The van der Waals surface area contributed by atoms with Gasteiger partial charge in [0.15, 0.2) is 0 Å². The number of carbonyl (C=O) groups is 1. The van der Waals surface area contributed by atoms with E-state index in [2.05, 4.69) is 32.6 Å². The lowest BCUT2D eigenvalue weighted by atomic mass is 9.86. The predicted octanol–water partition coefficient (Wildman–Crippen LogP) is 4.91. The summed E-state index contributed by atoms with van der Waals surface area (Å²) in [5.74, 6) is 1.72. The summed E-state index contributed by atoms with van der Waals surface area (Å²) in [6.45, 7) is 10.1. The van der Waals surface area contributed by atoms with Crippen LogP contribution in [0.4, 0.5) is 0 Å². The first-order valence-electron chi connectivity index (χ1n) is 9.77. The first kappa shape index (κ1) is 19.9. The molecule has 0 radical (unpaired) electrons. The molecule has 1 aromatic carbocycles. The maximum absolute atomic E-state index is 13.3. The molecule has 1 amide bonds. The topological polar surface area (TPSA) is 42.4 Å². The highest BCUT2D eigenvalue weighted by Crippen LogP contribution is 2.34. The minimum atomic E-state index is -0.100. The van der Waals surface area contributed by atoms with Crippen molar-refractivity contribution in [3.05, 3.63) is 45.4 Å². The number of aromatic nitrogens is 1. The highest BCUT2D eigenvalue weighted by molar-refractivity contribution is 7.11. The molecule has 27 heavy (non-hydrogen) atoms. The number of amides is 1. The number of aryl methyl sites for hydroxylation is 2. The number of piperidine rings is 1. The first-order valence-corrected chi connectivity index (χ1v) is 10.6. The molecule has 0 N–H and O–H groups in total. The number of hydrogen-bond donors (Lipinski definition) is 0. The largest absolute Gasteiger partial charge is 0.497 e. The molecular formula is C22H30N2O2S. The Hall–Kier alpha value is -1.88. The Morgan fingerprint density at radius 3 is 2.30 bits per heavy atom. The van der Waals surface area contributed by atoms with Crippen LogP contribution in [0.5, 0.6) is 5.75 Å². The molecule has 1 saturated heterocycles. The molecular weight excluding hydrogens is 356 g/mol. The molecule has 1 atom stereocenters. The Bertz CT molecular complexity index is 755. The van der Waals surface area contributed by atoms with Crippen molar-refractivity contribution in [3.63, 3.8) is 0 Å². The van der Waals surface area contributed by atoms with Crippen molar-refractivity contribution in [3.8, 4) is 5.75 Å². The van der Waals surface area contributed by atoms with Crippen LogP contribution in [-0.4, -0.2) is 36.0 Å². The maximum atomic E-state index is 13.3. The molecule has 1 fully saturated rings. The molecule has 1 unspecified atom stereocenters. The number of hydrogen-bond acceptors (Lipinski definition) is 4. The molecule has 2 heterocycles. The van der Waals surface area contributed by atoms with Gasteiger partial charge in [0.25, 0.3) is 0 Å². The van der Waals surface area contributed by atoms with Crippen LogP contribution < -0.4 is 4.74 Å². The second-order valence-electron chi connectivity index (χ2n) is 7.79. The van der Waals surface area contributed by atoms with Crippen molar-refractivity contribution in [2.24, 2.45) is 5.92 Å². The van der Waals surface area contributed by atoms with Crippen LogP contribution in [0.25, 0.3) is 0 Å². The van der Waals surface area contributed by atoms with Gasteiger partial charge in [-0.15, -0.1) is 11.3 Å². The molecule has 146 valence electrons. The molecule has 5 heteroatoms. The number of likely N-dealkylation sites (tertiary alicyclic amines) is 1. The van der Waals surface area contributed by atoms with Gasteiger partial charge in [-0.1, -0.05) is 26.0 Å². The first-order chi connectivity index (χ1) is 12.9. The average Bonchev–Trinajstić information content (AvgIpc) is 3.01. The molecule has 0 aliphatic carbocycles. The third-order valence-electron chi connectivity index (χ3n) is 5.61. The molecule has 1 aliphatic rings. The van der Waals surface area contributed by atoms with Gasteiger partial charge in [-0.2, -0.15) is 0 Å². The molecule has 4 nitrogen and oxygen atoms in total. The van der Waals surface area contributed by atoms with Crippen LogP contribution in [0.15, 0.2) is 24.3 Å². The van der Waals surface area contributed by atoms with Gasteiger partial charge in [-0.25, -0.2) is 4.98 Å². The van der Waals surface area contributed by atoms with Crippen molar-refractivity contribution >= 4 is 17.2 Å². The number of carbonyl (C=O) groups excluding carboxylic acids is 1. The third kappa shape index (κ3) is 4.34. The lowest BCUT2D eigenvalue weighted by Gasteiger charge is -2.35. The summed E-state index contributed by atoms with van der Waals surface area (Å²) in [7, 11) is 1.66. The number of nitrogens with zero attached hydrogens (tertiary/aromatic N) is 2. The van der Waals surface area contributed by atoms with Crippen molar-refractivity contribution in [1.29, 1.82) is 0 Å². The van der Waals surface area contributed by atoms with E-state index in [1.807, 2.05) is 35.6 Å². The number of ether oxygens (including phenoxy) is 1. The highest BCUT2D eigenvalue weighted by atomic mass is 32.1. The fourth-order valence-electron chi connectivity index (χ4n) is 3.84. The van der Waals surface area contributed by atoms with Gasteiger partial charge in [0.05, 0.1) is 23.7 Å². The van der Waals surface area contributed by atoms with Gasteiger partial charge in [-0.05, 0) is 50.3 Å². The maximum Gasteiger partial charge on any atom is 0.230 e. The Balaban J connectivity index is 1.68. The minimum Gasteiger partial charge on any atom is -0.497 e. The average molecular weight is 387 g/mol. The Labute approximate surface area is 166 Å². The molecule has 1 aliphatic heterocycles. The fraction of sp³-hybridized carbons (Fsp3) is 0.545. The Morgan fingerprint density at radius 1 is 1.19 bits per heavy atom. The number of benzene rings is 1. The van der Waals surface area contributed by atoms with Crippen LogP contribution >= 0.6 is 11.3 Å². The SMILES string of the molecule is COc1ccc(C(C(=O)N2CCC(c3nc(C)c(C)s3)CC2)C(C)C)cc1. The summed E-state index contributed by atoms with van der Waals surface area (Å²) in [5, 5.41) is 1.24. The van der Waals surface area contributed by atoms with E-state index in [9.17, 15) is 4.79 Å². The van der Waals surface area contributed by atoms with Gasteiger partial charge in [0, 0.05) is 23.9 Å². The zero-order chi connectivity index (χ0) is 19.6. The smallest absolute Gasteiger partial charge is 0.230 e. The van der Waals surface area contributed by atoms with Crippen LogP contribution in [0.1, 0.15) is 59.7 Å². The molecule has 0 spiro atoms. The van der Waals surface area contributed by atoms with Crippen LogP contribution in [0.2, 0.25) is 0 Å². The van der Waals surface area contributed by atoms with E-state index in [0.717, 1.165) is 42.9 Å². The summed E-state index contributed by atoms with van der Waals surface area (Å²) in [4.78, 5) is 21.4. The van der Waals surface area contributed by atoms with Crippen LogP contribution in [-0.2, 0) is 4.79 Å². The summed E-state index contributed by atoms with van der Waals surface area (Å²) in [6.07, 6.45) is 2.01. The molecule has 2 aromatic rings. The molecule has 3 rings (SSSR count). The van der Waals surface area contributed by atoms with Crippen molar-refractivity contribution in [2.45, 2.75) is 52.4 Å². The molecule has 0 saturated carbocycles. The van der Waals surface area contributed by atoms with E-state index >= 15 is 0 Å². The van der Waals surface area contributed by atoms with Gasteiger partial charge in [-0.3, -0.25) is 4.79 Å². The Morgan fingerprint density at radius 2 is 1.81 bits per heavy atom. The zero-order valence-electron chi connectivity index (χ0n) is 17.0. The van der Waals surface area contributed by atoms with Gasteiger partial charge >= 0.3 is 0 Å². The summed E-state index contributed by atoms with van der Waals surface area (Å²) >= 11 is 1.82. The zero-order valence-corrected chi connectivity index (χ0v) is 17.8. The van der Waals surface area contributed by atoms with Crippen LogP contribution in [0.3, 0.4) is 0 Å². The van der Waals surface area contributed by atoms with E-state index in [1.54, 1.807) is 7.11 Å². The van der Waals surface area contributed by atoms with Gasteiger partial charge in [0.2, 0.25) is 5.91 Å². The van der Waals surface area contributed by atoms with Crippen molar-refractivity contribution in [1.82, 2.24) is 9.88 Å². The van der Waals surface area contributed by atoms with Crippen LogP contribution in [0, 0.1) is 19.8 Å². The number of methoxy groups -OCH3 is 1. The lowest BCUT2D eigenvalue weighted by molar-refractivity contribution is -0.134. The second kappa shape index (κ2) is 8.42. The molecule has 0 bridgehead atoms. The third-order valence-corrected chi connectivity index (χ3v) is 6.84. The highest BCUT2D eigenvalue weighted by Gasteiger charge is 2.32. The van der Waals surface area contributed by atoms with E-state index in [-0.39, 0.29) is 17.7 Å². The van der Waals surface area contributed by atoms with Crippen molar-refractivity contribution < 1.29 is 9.53 Å². The van der Waals surface area contributed by atoms with E-state index in [4.69, 9.17) is 9.72 Å². The predicted molar refractivity (Wildman–Crippen MR) is 111 cm³/mol. The quantitative estimate of drug-likeness (QED) is 0.733. The summed E-state index contributed by atoms with van der Waals surface area (Å²) < 4.78 is 5.25. The normalized spacial score (nSPS) is 16.6. The second-order valence-corrected chi connectivity index (χ2v) is 9.02. The van der Waals surface area contributed by atoms with Crippen molar-refractivity contribution in [2.75, 3.05) is 20.2 Å². The summed E-state index contributed by atoms with van der Waals surface area (Å²) in [6, 6.07) is 7.93. The number of rotatable bonds is 5. The monoisotopic (exact) mass is 386 g/mol. The summed E-state index contributed by atoms with van der Waals surface area (Å²) in [5.41, 5.74) is 2.22.